The van der Waals surface area contributed by atoms with Crippen molar-refractivity contribution in [1.82, 2.24) is 9.80 Å². The Morgan fingerprint density at radius 3 is 1.83 bits per heavy atom. The number of nitrogens with zero attached hydrogens (tertiary/aromatic N) is 2. The van der Waals surface area contributed by atoms with Gasteiger partial charge in [0.2, 0.25) is 0 Å². The number of rotatable bonds is 5. The van der Waals surface area contributed by atoms with Gasteiger partial charge in [-0.15, -0.1) is 0 Å². The lowest BCUT2D eigenvalue weighted by atomic mass is 9.93. The predicted molar refractivity (Wildman–Crippen MR) is 81.0 cm³/mol. The van der Waals surface area contributed by atoms with E-state index >= 15 is 0 Å². The van der Waals surface area contributed by atoms with E-state index in [1.807, 2.05) is 0 Å². The number of hydrogen-bond donors (Lipinski definition) is 0. The largest absolute Gasteiger partial charge is 0.298 e. The summed E-state index contributed by atoms with van der Waals surface area (Å²) in [6.07, 6.45) is 1.34. The normalized spacial score (nSPS) is 29.2. The van der Waals surface area contributed by atoms with Crippen LogP contribution in [0.4, 0.5) is 0 Å². The van der Waals surface area contributed by atoms with Gasteiger partial charge in [0, 0.05) is 31.2 Å². The van der Waals surface area contributed by atoms with Crippen LogP contribution in [0, 0.1) is 11.8 Å². The van der Waals surface area contributed by atoms with Gasteiger partial charge in [0.25, 0.3) is 0 Å². The topological polar surface area (TPSA) is 6.48 Å². The molecule has 0 radical (unpaired) electrons. The van der Waals surface area contributed by atoms with E-state index in [9.17, 15) is 0 Å². The third kappa shape index (κ3) is 4.24. The molecule has 0 aliphatic carbocycles. The molecule has 0 aromatic heterocycles. The molecule has 0 saturated carbocycles. The van der Waals surface area contributed by atoms with Crippen molar-refractivity contribution < 1.29 is 0 Å². The van der Waals surface area contributed by atoms with Crippen molar-refractivity contribution in [1.29, 1.82) is 0 Å². The Balaban J connectivity index is 2.47. The van der Waals surface area contributed by atoms with E-state index in [0.29, 0.717) is 18.1 Å². The molecular formula is C16H34N2. The molecule has 1 aliphatic heterocycles. The second-order valence-corrected chi connectivity index (χ2v) is 6.99. The van der Waals surface area contributed by atoms with Crippen LogP contribution in [0.3, 0.4) is 0 Å². The highest BCUT2D eigenvalue weighted by atomic mass is 15.3. The van der Waals surface area contributed by atoms with Crippen LogP contribution in [0.2, 0.25) is 0 Å². The maximum atomic E-state index is 2.72. The van der Waals surface area contributed by atoms with E-state index in [4.69, 9.17) is 0 Å². The van der Waals surface area contributed by atoms with Crippen molar-refractivity contribution in [3.8, 4) is 0 Å². The predicted octanol–water partition coefficient (Wildman–Crippen LogP) is 3.47. The highest BCUT2D eigenvalue weighted by molar-refractivity contribution is 4.86. The lowest BCUT2D eigenvalue weighted by Gasteiger charge is -2.46. The van der Waals surface area contributed by atoms with Crippen LogP contribution in [0.5, 0.6) is 0 Å². The molecule has 1 rings (SSSR count). The standard InChI is InChI=1S/C16H34N2/c1-12(2)14(5)8-9-18-15(6)10-17(13(3)4)11-16(18)7/h12-16H,8-11H2,1-7H3. The molecule has 0 amide bonds. The van der Waals surface area contributed by atoms with Crippen LogP contribution >= 0.6 is 0 Å². The lowest BCUT2D eigenvalue weighted by Crippen LogP contribution is -2.58. The van der Waals surface area contributed by atoms with Gasteiger partial charge >= 0.3 is 0 Å². The van der Waals surface area contributed by atoms with Crippen molar-refractivity contribution in [3.63, 3.8) is 0 Å². The summed E-state index contributed by atoms with van der Waals surface area (Å²) >= 11 is 0. The van der Waals surface area contributed by atoms with E-state index in [0.717, 1.165) is 11.8 Å². The summed E-state index contributed by atoms with van der Waals surface area (Å²) in [5.41, 5.74) is 0. The average Bonchev–Trinajstić information content (AvgIpc) is 2.26. The van der Waals surface area contributed by atoms with Gasteiger partial charge in [-0.25, -0.2) is 0 Å². The third-order valence-corrected chi connectivity index (χ3v) is 4.84. The van der Waals surface area contributed by atoms with Crippen molar-refractivity contribution in [2.24, 2.45) is 11.8 Å². The van der Waals surface area contributed by atoms with Gasteiger partial charge in [0.05, 0.1) is 0 Å². The van der Waals surface area contributed by atoms with Gasteiger partial charge in [0.1, 0.15) is 0 Å². The van der Waals surface area contributed by atoms with Crippen molar-refractivity contribution >= 4 is 0 Å². The fourth-order valence-corrected chi connectivity index (χ4v) is 2.95. The van der Waals surface area contributed by atoms with Gasteiger partial charge in [-0.05, 0) is 52.5 Å². The van der Waals surface area contributed by atoms with Gasteiger partial charge in [-0.2, -0.15) is 0 Å². The Labute approximate surface area is 115 Å². The van der Waals surface area contributed by atoms with E-state index < -0.39 is 0 Å². The summed E-state index contributed by atoms with van der Waals surface area (Å²) in [6, 6.07) is 2.10. The SMILES string of the molecule is CC(C)C(C)CCN1C(C)CN(C(C)C)CC1C. The van der Waals surface area contributed by atoms with Crippen LogP contribution in [-0.4, -0.2) is 47.6 Å². The third-order valence-electron chi connectivity index (χ3n) is 4.84. The van der Waals surface area contributed by atoms with Crippen molar-refractivity contribution in [2.45, 2.75) is 73.0 Å². The zero-order chi connectivity index (χ0) is 13.9. The average molecular weight is 254 g/mol. The van der Waals surface area contributed by atoms with Crippen LogP contribution in [0.15, 0.2) is 0 Å². The Morgan fingerprint density at radius 2 is 1.44 bits per heavy atom. The molecule has 1 heterocycles. The Bertz CT molecular complexity index is 225. The molecule has 108 valence electrons. The Hall–Kier alpha value is -0.0800. The Morgan fingerprint density at radius 1 is 0.944 bits per heavy atom. The molecule has 0 bridgehead atoms. The maximum Gasteiger partial charge on any atom is 0.0198 e. The molecule has 1 saturated heterocycles. The summed E-state index contributed by atoms with van der Waals surface area (Å²) in [6.45, 7) is 20.2. The van der Waals surface area contributed by atoms with E-state index in [-0.39, 0.29) is 0 Å². The highest BCUT2D eigenvalue weighted by Crippen LogP contribution is 2.21. The first-order valence-corrected chi connectivity index (χ1v) is 7.82. The zero-order valence-electron chi connectivity index (χ0n) is 13.6. The van der Waals surface area contributed by atoms with Gasteiger partial charge in [0.15, 0.2) is 0 Å². The zero-order valence-corrected chi connectivity index (χ0v) is 13.6. The van der Waals surface area contributed by atoms with Crippen molar-refractivity contribution in [3.05, 3.63) is 0 Å². The minimum atomic E-state index is 0.687. The first-order chi connectivity index (χ1) is 8.32. The van der Waals surface area contributed by atoms with Crippen LogP contribution in [-0.2, 0) is 0 Å². The smallest absolute Gasteiger partial charge is 0.0198 e. The summed E-state index contributed by atoms with van der Waals surface area (Å²) in [5.74, 6) is 1.65. The second-order valence-electron chi connectivity index (χ2n) is 6.99. The molecule has 1 aliphatic rings. The van der Waals surface area contributed by atoms with Gasteiger partial charge in [-0.3, -0.25) is 9.80 Å². The monoisotopic (exact) mass is 254 g/mol. The molecule has 0 aromatic carbocycles. The van der Waals surface area contributed by atoms with E-state index in [2.05, 4.69) is 58.3 Å². The molecule has 2 nitrogen and oxygen atoms in total. The maximum absolute atomic E-state index is 2.72. The van der Waals surface area contributed by atoms with Gasteiger partial charge in [-0.1, -0.05) is 20.8 Å². The molecule has 0 aromatic rings. The number of hydrogen-bond acceptors (Lipinski definition) is 2. The molecule has 2 heteroatoms. The Kier molecular flexibility index (Phi) is 6.13. The van der Waals surface area contributed by atoms with E-state index in [1.54, 1.807) is 0 Å². The summed E-state index contributed by atoms with van der Waals surface area (Å²) in [5, 5.41) is 0. The molecule has 3 atom stereocenters. The van der Waals surface area contributed by atoms with Crippen molar-refractivity contribution in [2.75, 3.05) is 19.6 Å². The van der Waals surface area contributed by atoms with Gasteiger partial charge < -0.3 is 0 Å². The number of piperazine rings is 1. The molecule has 1 fully saturated rings. The summed E-state index contributed by atoms with van der Waals surface area (Å²) < 4.78 is 0. The molecule has 18 heavy (non-hydrogen) atoms. The molecule has 0 spiro atoms. The van der Waals surface area contributed by atoms with Crippen LogP contribution in [0.25, 0.3) is 0 Å². The minimum absolute atomic E-state index is 0.687. The molecular weight excluding hydrogens is 220 g/mol. The molecule has 0 N–H and O–H groups in total. The quantitative estimate of drug-likeness (QED) is 0.741. The fraction of sp³-hybridized carbons (Fsp3) is 1.00. The summed E-state index contributed by atoms with van der Waals surface area (Å²) in [4.78, 5) is 5.34. The first-order valence-electron chi connectivity index (χ1n) is 7.82. The summed E-state index contributed by atoms with van der Waals surface area (Å²) in [7, 11) is 0. The van der Waals surface area contributed by atoms with E-state index in [1.165, 1.54) is 26.1 Å². The second kappa shape index (κ2) is 6.91. The lowest BCUT2D eigenvalue weighted by molar-refractivity contribution is 0.0197. The van der Waals surface area contributed by atoms with Crippen LogP contribution in [0.1, 0.15) is 54.9 Å². The first kappa shape index (κ1) is 16.0. The fourth-order valence-electron chi connectivity index (χ4n) is 2.95. The molecule has 3 unspecified atom stereocenters. The highest BCUT2D eigenvalue weighted by Gasteiger charge is 2.30. The van der Waals surface area contributed by atoms with Crippen LogP contribution < -0.4 is 0 Å². The minimum Gasteiger partial charge on any atom is -0.298 e.